The van der Waals surface area contributed by atoms with Gasteiger partial charge in [-0.1, -0.05) is 28.1 Å². The van der Waals surface area contributed by atoms with Crippen LogP contribution in [0, 0.1) is 3.57 Å². The Morgan fingerprint density at radius 3 is 2.21 bits per heavy atom. The fraction of sp³-hybridized carbons (Fsp3) is 0.0714. The molecule has 1 atom stereocenters. The van der Waals surface area contributed by atoms with Gasteiger partial charge in [-0.05, 0) is 64.6 Å². The molecule has 0 spiro atoms. The fourth-order valence-electron chi connectivity index (χ4n) is 1.66. The molecule has 0 aliphatic heterocycles. The number of carboxylic acids is 1. The van der Waals surface area contributed by atoms with Gasteiger partial charge in [0.25, 0.3) is 0 Å². The topological polar surface area (TPSA) is 49.3 Å². The lowest BCUT2D eigenvalue weighted by molar-refractivity contribution is -0.138. The lowest BCUT2D eigenvalue weighted by Gasteiger charge is -2.16. The molecule has 2 rings (SSSR count). The van der Waals surface area contributed by atoms with Gasteiger partial charge in [-0.3, -0.25) is 0 Å². The summed E-state index contributed by atoms with van der Waals surface area (Å²) in [5.41, 5.74) is 1.50. The fourth-order valence-corrected chi connectivity index (χ4v) is 2.28. The standard InChI is InChI=1S/C14H11BrINO2/c15-10-3-7-12(8-4-10)17-13(14(18)19)9-1-5-11(16)6-2-9/h1-8,13,17H,(H,18,19). The molecule has 0 heterocycles. The minimum Gasteiger partial charge on any atom is -0.479 e. The van der Waals surface area contributed by atoms with Crippen molar-refractivity contribution < 1.29 is 9.90 Å². The summed E-state index contributed by atoms with van der Waals surface area (Å²) in [4.78, 5) is 11.4. The van der Waals surface area contributed by atoms with E-state index in [9.17, 15) is 9.90 Å². The summed E-state index contributed by atoms with van der Waals surface area (Å²) < 4.78 is 2.04. The van der Waals surface area contributed by atoms with E-state index in [-0.39, 0.29) is 0 Å². The van der Waals surface area contributed by atoms with Crippen molar-refractivity contribution in [1.29, 1.82) is 0 Å². The van der Waals surface area contributed by atoms with Gasteiger partial charge in [0.05, 0.1) is 0 Å². The van der Waals surface area contributed by atoms with Crippen molar-refractivity contribution in [2.24, 2.45) is 0 Å². The van der Waals surface area contributed by atoms with Gasteiger partial charge in [0.2, 0.25) is 0 Å². The van der Waals surface area contributed by atoms with E-state index in [1.165, 1.54) is 0 Å². The number of rotatable bonds is 4. The number of anilines is 1. The Morgan fingerprint density at radius 1 is 1.11 bits per heavy atom. The zero-order valence-electron chi connectivity index (χ0n) is 9.81. The summed E-state index contributed by atoms with van der Waals surface area (Å²) in [5.74, 6) is -0.899. The van der Waals surface area contributed by atoms with Crippen LogP contribution in [0.3, 0.4) is 0 Å². The molecule has 19 heavy (non-hydrogen) atoms. The van der Waals surface area contributed by atoms with Crippen molar-refractivity contribution >= 4 is 50.2 Å². The van der Waals surface area contributed by atoms with E-state index in [2.05, 4.69) is 43.8 Å². The molecule has 2 aromatic rings. The van der Waals surface area contributed by atoms with E-state index >= 15 is 0 Å². The Morgan fingerprint density at radius 2 is 1.68 bits per heavy atom. The number of benzene rings is 2. The van der Waals surface area contributed by atoms with Gasteiger partial charge in [0.15, 0.2) is 6.04 Å². The van der Waals surface area contributed by atoms with Crippen LogP contribution >= 0.6 is 38.5 Å². The van der Waals surface area contributed by atoms with Gasteiger partial charge < -0.3 is 10.4 Å². The minimum atomic E-state index is -0.899. The van der Waals surface area contributed by atoms with Crippen molar-refractivity contribution in [1.82, 2.24) is 0 Å². The molecule has 2 N–H and O–H groups in total. The number of carbonyl (C=O) groups is 1. The van der Waals surface area contributed by atoms with E-state index in [1.54, 1.807) is 0 Å². The third kappa shape index (κ3) is 3.94. The van der Waals surface area contributed by atoms with E-state index < -0.39 is 12.0 Å². The van der Waals surface area contributed by atoms with Crippen molar-refractivity contribution in [2.45, 2.75) is 6.04 Å². The average Bonchev–Trinajstić information content (AvgIpc) is 2.39. The molecule has 5 heteroatoms. The average molecular weight is 432 g/mol. The lowest BCUT2D eigenvalue weighted by Crippen LogP contribution is -2.20. The van der Waals surface area contributed by atoms with Crippen LogP contribution in [-0.2, 0) is 4.79 Å². The van der Waals surface area contributed by atoms with E-state index in [4.69, 9.17) is 0 Å². The highest BCUT2D eigenvalue weighted by molar-refractivity contribution is 14.1. The van der Waals surface area contributed by atoms with Gasteiger partial charge in [-0.15, -0.1) is 0 Å². The Labute approximate surface area is 133 Å². The van der Waals surface area contributed by atoms with Gasteiger partial charge in [0.1, 0.15) is 0 Å². The first kappa shape index (κ1) is 14.3. The number of hydrogen-bond acceptors (Lipinski definition) is 2. The highest BCUT2D eigenvalue weighted by atomic mass is 127. The highest BCUT2D eigenvalue weighted by Gasteiger charge is 2.19. The quantitative estimate of drug-likeness (QED) is 0.710. The molecule has 0 radical (unpaired) electrons. The van der Waals surface area contributed by atoms with Crippen LogP contribution in [0.15, 0.2) is 53.0 Å². The molecule has 1 unspecified atom stereocenters. The Kier molecular flexibility index (Phi) is 4.81. The molecule has 0 aliphatic rings. The van der Waals surface area contributed by atoms with Crippen molar-refractivity contribution in [3.63, 3.8) is 0 Å². The third-order valence-electron chi connectivity index (χ3n) is 2.61. The van der Waals surface area contributed by atoms with Crippen LogP contribution in [-0.4, -0.2) is 11.1 Å². The summed E-state index contributed by atoms with van der Waals surface area (Å²) in [7, 11) is 0. The number of nitrogens with one attached hydrogen (secondary N) is 1. The van der Waals surface area contributed by atoms with Crippen LogP contribution in [0.1, 0.15) is 11.6 Å². The van der Waals surface area contributed by atoms with Gasteiger partial charge in [0, 0.05) is 13.7 Å². The monoisotopic (exact) mass is 431 g/mol. The van der Waals surface area contributed by atoms with Crippen LogP contribution in [0.2, 0.25) is 0 Å². The maximum Gasteiger partial charge on any atom is 0.330 e. The molecule has 0 fully saturated rings. The van der Waals surface area contributed by atoms with Crippen molar-refractivity contribution in [3.8, 4) is 0 Å². The molecule has 98 valence electrons. The largest absolute Gasteiger partial charge is 0.479 e. The summed E-state index contributed by atoms with van der Waals surface area (Å²) in [5, 5.41) is 12.4. The molecule has 0 aliphatic carbocycles. The second-order valence-electron chi connectivity index (χ2n) is 3.97. The molecule has 0 aromatic heterocycles. The lowest BCUT2D eigenvalue weighted by atomic mass is 10.1. The third-order valence-corrected chi connectivity index (χ3v) is 3.85. The molecule has 2 aromatic carbocycles. The smallest absolute Gasteiger partial charge is 0.330 e. The predicted octanol–water partition coefficient (Wildman–Crippen LogP) is 4.29. The zero-order chi connectivity index (χ0) is 13.8. The van der Waals surface area contributed by atoms with E-state index in [1.807, 2.05) is 48.5 Å². The number of carboxylic acid groups (broad SMARTS) is 1. The van der Waals surface area contributed by atoms with Crippen molar-refractivity contribution in [2.75, 3.05) is 5.32 Å². The first-order valence-corrected chi connectivity index (χ1v) is 7.44. The van der Waals surface area contributed by atoms with E-state index in [0.717, 1.165) is 19.3 Å². The second kappa shape index (κ2) is 6.38. The zero-order valence-corrected chi connectivity index (χ0v) is 13.6. The Bertz CT molecular complexity index is 569. The molecular formula is C14H11BrINO2. The van der Waals surface area contributed by atoms with Crippen LogP contribution in [0.5, 0.6) is 0 Å². The van der Waals surface area contributed by atoms with Gasteiger partial charge in [-0.25, -0.2) is 4.79 Å². The maximum atomic E-state index is 11.4. The van der Waals surface area contributed by atoms with E-state index in [0.29, 0.717) is 0 Å². The van der Waals surface area contributed by atoms with Gasteiger partial charge in [-0.2, -0.15) is 0 Å². The van der Waals surface area contributed by atoms with Crippen LogP contribution < -0.4 is 5.32 Å². The van der Waals surface area contributed by atoms with Crippen LogP contribution in [0.25, 0.3) is 0 Å². The number of halogens is 2. The summed E-state index contributed by atoms with van der Waals surface area (Å²) in [6, 6.07) is 14.1. The molecule has 3 nitrogen and oxygen atoms in total. The summed E-state index contributed by atoms with van der Waals surface area (Å²) >= 11 is 5.54. The van der Waals surface area contributed by atoms with Crippen molar-refractivity contribution in [3.05, 3.63) is 62.1 Å². The van der Waals surface area contributed by atoms with Gasteiger partial charge >= 0.3 is 5.97 Å². The maximum absolute atomic E-state index is 11.4. The summed E-state index contributed by atoms with van der Waals surface area (Å²) in [6.45, 7) is 0. The Balaban J connectivity index is 2.23. The molecule has 0 amide bonds. The summed E-state index contributed by atoms with van der Waals surface area (Å²) in [6.07, 6.45) is 0. The first-order chi connectivity index (χ1) is 9.06. The number of hydrogen-bond donors (Lipinski definition) is 2. The SMILES string of the molecule is O=C(O)C(Nc1ccc(Br)cc1)c1ccc(I)cc1. The molecule has 0 saturated heterocycles. The predicted molar refractivity (Wildman–Crippen MR) is 87.3 cm³/mol. The second-order valence-corrected chi connectivity index (χ2v) is 6.14. The molecule has 0 saturated carbocycles. The highest BCUT2D eigenvalue weighted by Crippen LogP contribution is 2.22. The molecular weight excluding hydrogens is 421 g/mol. The number of aliphatic carboxylic acids is 1. The first-order valence-electron chi connectivity index (χ1n) is 5.56. The normalized spacial score (nSPS) is 11.9. The minimum absolute atomic E-state index is 0.732. The van der Waals surface area contributed by atoms with Crippen LogP contribution in [0.4, 0.5) is 5.69 Å². The Hall–Kier alpha value is -1.08. The molecule has 0 bridgehead atoms.